The maximum absolute atomic E-state index is 12.7. The fourth-order valence-electron chi connectivity index (χ4n) is 2.93. The van der Waals surface area contributed by atoms with E-state index in [-0.39, 0.29) is 11.8 Å². The summed E-state index contributed by atoms with van der Waals surface area (Å²) in [5.74, 6) is 0.0595. The molecule has 1 aliphatic rings. The van der Waals surface area contributed by atoms with Crippen molar-refractivity contribution in [2.75, 3.05) is 26.2 Å². The molecule has 3 heterocycles. The van der Waals surface area contributed by atoms with Crippen molar-refractivity contribution in [2.24, 2.45) is 0 Å². The van der Waals surface area contributed by atoms with Crippen LogP contribution in [0.4, 0.5) is 0 Å². The van der Waals surface area contributed by atoms with Crippen LogP contribution >= 0.6 is 22.9 Å². The quantitative estimate of drug-likeness (QED) is 0.671. The molecule has 2 aromatic heterocycles. The van der Waals surface area contributed by atoms with Gasteiger partial charge in [-0.2, -0.15) is 0 Å². The van der Waals surface area contributed by atoms with Crippen LogP contribution in [0, 0.1) is 0 Å². The zero-order valence-electron chi connectivity index (χ0n) is 14.3. The molecule has 2 amide bonds. The molecule has 0 N–H and O–H groups in total. The van der Waals surface area contributed by atoms with Crippen molar-refractivity contribution in [3.63, 3.8) is 0 Å². The highest BCUT2D eigenvalue weighted by molar-refractivity contribution is 7.13. The molecule has 0 bridgehead atoms. The van der Waals surface area contributed by atoms with Crippen LogP contribution in [0.1, 0.15) is 21.0 Å². The summed E-state index contributed by atoms with van der Waals surface area (Å²) in [6, 6.07) is 10.7. The second-order valence-corrected chi connectivity index (χ2v) is 7.40. The monoisotopic (exact) mass is 401 g/mol. The average molecular weight is 402 g/mol. The van der Waals surface area contributed by atoms with Crippen molar-refractivity contribution in [3.05, 3.63) is 64.5 Å². The molecule has 1 aliphatic heterocycles. The summed E-state index contributed by atoms with van der Waals surface area (Å²) in [5, 5.41) is 3.21. The maximum Gasteiger partial charge on any atom is 0.289 e. The number of thiazole rings is 1. The predicted molar refractivity (Wildman–Crippen MR) is 103 cm³/mol. The van der Waals surface area contributed by atoms with Crippen molar-refractivity contribution < 1.29 is 14.0 Å². The summed E-state index contributed by atoms with van der Waals surface area (Å²) in [6.45, 7) is 1.89. The van der Waals surface area contributed by atoms with Crippen molar-refractivity contribution in [1.29, 1.82) is 0 Å². The number of piperazine rings is 1. The fraction of sp³-hybridized carbons (Fsp3) is 0.211. The van der Waals surface area contributed by atoms with Crippen LogP contribution in [0.3, 0.4) is 0 Å². The van der Waals surface area contributed by atoms with Gasteiger partial charge in [-0.3, -0.25) is 9.59 Å². The van der Waals surface area contributed by atoms with E-state index in [2.05, 4.69) is 4.98 Å². The van der Waals surface area contributed by atoms with Gasteiger partial charge in [-0.15, -0.1) is 11.3 Å². The Labute approximate surface area is 165 Å². The molecule has 1 aromatic carbocycles. The standard InChI is InChI=1S/C19H16ClN3O3S/c20-14-5-3-13(4-6-14)17-21-15(12-27-17)18(24)22-7-9-23(10-8-22)19(25)16-2-1-11-26-16/h1-6,11-12H,7-10H2. The van der Waals surface area contributed by atoms with Gasteiger partial charge in [-0.25, -0.2) is 4.98 Å². The average Bonchev–Trinajstić information content (AvgIpc) is 3.40. The Morgan fingerprint density at radius 3 is 2.30 bits per heavy atom. The molecule has 0 radical (unpaired) electrons. The molecule has 6 nitrogen and oxygen atoms in total. The highest BCUT2D eigenvalue weighted by Gasteiger charge is 2.27. The molecule has 0 atom stereocenters. The second kappa shape index (κ2) is 7.54. The van der Waals surface area contributed by atoms with Crippen LogP contribution < -0.4 is 0 Å². The van der Waals surface area contributed by atoms with Crippen LogP contribution in [-0.4, -0.2) is 52.8 Å². The van der Waals surface area contributed by atoms with E-state index in [0.717, 1.165) is 10.6 Å². The minimum absolute atomic E-state index is 0.114. The third-order valence-corrected chi connectivity index (χ3v) is 5.54. The number of carbonyl (C=O) groups is 2. The molecular weight excluding hydrogens is 386 g/mol. The van der Waals surface area contributed by atoms with E-state index in [4.69, 9.17) is 16.0 Å². The number of rotatable bonds is 3. The summed E-state index contributed by atoms with van der Waals surface area (Å²) in [7, 11) is 0. The molecule has 4 rings (SSSR count). The molecular formula is C19H16ClN3O3S. The van der Waals surface area contributed by atoms with E-state index in [1.807, 2.05) is 12.1 Å². The Morgan fingerprint density at radius 2 is 1.67 bits per heavy atom. The van der Waals surface area contributed by atoms with Gasteiger partial charge in [0.05, 0.1) is 6.26 Å². The lowest BCUT2D eigenvalue weighted by atomic mass is 10.2. The molecule has 0 unspecified atom stereocenters. The minimum atomic E-state index is -0.147. The number of furan rings is 1. The molecule has 27 heavy (non-hydrogen) atoms. The first-order valence-corrected chi connectivity index (χ1v) is 9.71. The highest BCUT2D eigenvalue weighted by Crippen LogP contribution is 2.25. The molecule has 0 aliphatic carbocycles. The van der Waals surface area contributed by atoms with E-state index < -0.39 is 0 Å². The predicted octanol–water partition coefficient (Wildman–Crippen LogP) is 3.65. The van der Waals surface area contributed by atoms with Crippen LogP contribution in [0.15, 0.2) is 52.5 Å². The number of aromatic nitrogens is 1. The largest absolute Gasteiger partial charge is 0.459 e. The van der Waals surface area contributed by atoms with Crippen LogP contribution in [0.25, 0.3) is 10.6 Å². The van der Waals surface area contributed by atoms with Gasteiger partial charge in [0.25, 0.3) is 11.8 Å². The molecule has 1 fully saturated rings. The van der Waals surface area contributed by atoms with E-state index in [1.54, 1.807) is 39.4 Å². The minimum Gasteiger partial charge on any atom is -0.459 e. The summed E-state index contributed by atoms with van der Waals surface area (Å²) < 4.78 is 5.16. The van der Waals surface area contributed by atoms with Gasteiger partial charge in [-0.05, 0) is 24.3 Å². The first-order chi connectivity index (χ1) is 13.1. The van der Waals surface area contributed by atoms with Gasteiger partial charge < -0.3 is 14.2 Å². The normalized spacial score (nSPS) is 14.4. The molecule has 3 aromatic rings. The zero-order chi connectivity index (χ0) is 18.8. The first-order valence-electron chi connectivity index (χ1n) is 8.45. The van der Waals surface area contributed by atoms with Crippen molar-refractivity contribution >= 4 is 34.8 Å². The number of hydrogen-bond acceptors (Lipinski definition) is 5. The lowest BCUT2D eigenvalue weighted by Gasteiger charge is -2.34. The Morgan fingerprint density at radius 1 is 1.00 bits per heavy atom. The molecule has 8 heteroatoms. The third-order valence-electron chi connectivity index (χ3n) is 4.40. The highest BCUT2D eigenvalue weighted by atomic mass is 35.5. The van der Waals surface area contributed by atoms with Gasteiger partial charge in [0, 0.05) is 42.1 Å². The number of benzene rings is 1. The summed E-state index contributed by atoms with van der Waals surface area (Å²) >= 11 is 7.34. The van der Waals surface area contributed by atoms with Gasteiger partial charge in [0.1, 0.15) is 10.7 Å². The van der Waals surface area contributed by atoms with E-state index in [9.17, 15) is 9.59 Å². The lowest BCUT2D eigenvalue weighted by molar-refractivity contribution is 0.0515. The fourth-order valence-corrected chi connectivity index (χ4v) is 3.85. The summed E-state index contributed by atoms with van der Waals surface area (Å²) in [4.78, 5) is 32.9. The second-order valence-electron chi connectivity index (χ2n) is 6.11. The van der Waals surface area contributed by atoms with E-state index >= 15 is 0 Å². The van der Waals surface area contributed by atoms with Gasteiger partial charge in [0.2, 0.25) is 0 Å². The molecule has 0 saturated carbocycles. The van der Waals surface area contributed by atoms with Gasteiger partial charge in [-0.1, -0.05) is 23.7 Å². The number of amides is 2. The molecule has 1 saturated heterocycles. The number of hydrogen-bond donors (Lipinski definition) is 0. The van der Waals surface area contributed by atoms with Gasteiger partial charge in [0.15, 0.2) is 5.76 Å². The Balaban J connectivity index is 1.40. The van der Waals surface area contributed by atoms with Crippen molar-refractivity contribution in [3.8, 4) is 10.6 Å². The smallest absolute Gasteiger partial charge is 0.289 e. The Hall–Kier alpha value is -2.64. The first kappa shape index (κ1) is 17.8. The number of halogens is 1. The third kappa shape index (κ3) is 3.74. The van der Waals surface area contributed by atoms with Crippen molar-refractivity contribution in [1.82, 2.24) is 14.8 Å². The Bertz CT molecular complexity index is 945. The topological polar surface area (TPSA) is 66.7 Å². The van der Waals surface area contributed by atoms with E-state index in [0.29, 0.717) is 42.7 Å². The van der Waals surface area contributed by atoms with Gasteiger partial charge >= 0.3 is 0 Å². The summed E-state index contributed by atoms with van der Waals surface area (Å²) in [6.07, 6.45) is 1.48. The Kier molecular flexibility index (Phi) is 4.96. The van der Waals surface area contributed by atoms with E-state index in [1.165, 1.54) is 17.6 Å². The van der Waals surface area contributed by atoms with Crippen LogP contribution in [0.2, 0.25) is 5.02 Å². The number of nitrogens with zero attached hydrogens (tertiary/aromatic N) is 3. The zero-order valence-corrected chi connectivity index (χ0v) is 15.9. The van der Waals surface area contributed by atoms with Crippen molar-refractivity contribution in [2.45, 2.75) is 0 Å². The molecule has 0 spiro atoms. The summed E-state index contributed by atoms with van der Waals surface area (Å²) in [5.41, 5.74) is 1.35. The SMILES string of the molecule is O=C(c1csc(-c2ccc(Cl)cc2)n1)N1CCN(C(=O)c2ccco2)CC1. The molecule has 138 valence electrons. The van der Waals surface area contributed by atoms with Crippen LogP contribution in [-0.2, 0) is 0 Å². The lowest BCUT2D eigenvalue weighted by Crippen LogP contribution is -2.50. The number of carbonyl (C=O) groups excluding carboxylic acids is 2. The van der Waals surface area contributed by atoms with Crippen LogP contribution in [0.5, 0.6) is 0 Å². The maximum atomic E-state index is 12.7.